The number of hydrogen-bond acceptors (Lipinski definition) is 0. The van der Waals surface area contributed by atoms with Crippen LogP contribution in [0.2, 0.25) is 0 Å². The summed E-state index contributed by atoms with van der Waals surface area (Å²) in [4.78, 5) is 2.88. The summed E-state index contributed by atoms with van der Waals surface area (Å²) in [6, 6.07) is 8.36. The summed E-state index contributed by atoms with van der Waals surface area (Å²) in [6.45, 7) is 0.705. The first-order valence-electron chi connectivity index (χ1n) is 3.64. The second-order valence-corrected chi connectivity index (χ2v) is 4.46. The minimum atomic E-state index is 0.271. The summed E-state index contributed by atoms with van der Waals surface area (Å²) in [5.41, 5.74) is 11.8. The van der Waals surface area contributed by atoms with Crippen LogP contribution in [0.15, 0.2) is 24.3 Å². The minimum absolute atomic E-state index is 0.271. The van der Waals surface area contributed by atoms with E-state index in [2.05, 4.69) is 23.2 Å². The Bertz CT molecular complexity index is 292. The van der Waals surface area contributed by atoms with E-state index in [1.807, 2.05) is 6.07 Å². The molecular weight excluding hydrogens is 253 g/mol. The Balaban J connectivity index is 2.70. The van der Waals surface area contributed by atoms with E-state index in [9.17, 15) is 0 Å². The fourth-order valence-electron chi connectivity index (χ4n) is 0.907. The Kier molecular flexibility index (Phi) is 3.47. The van der Waals surface area contributed by atoms with Gasteiger partial charge in [-0.05, 0) is 0 Å². The molecule has 0 aliphatic heterocycles. The molecule has 1 aromatic carbocycles. The van der Waals surface area contributed by atoms with Crippen molar-refractivity contribution in [3.05, 3.63) is 29.8 Å². The molecule has 0 saturated carbocycles. The van der Waals surface area contributed by atoms with Gasteiger partial charge in [0.1, 0.15) is 0 Å². The van der Waals surface area contributed by atoms with E-state index >= 15 is 0 Å². The Morgan fingerprint density at radius 2 is 2.17 bits per heavy atom. The van der Waals surface area contributed by atoms with E-state index < -0.39 is 0 Å². The Labute approximate surface area is 86.4 Å². The molecule has 0 atom stereocenters. The molecule has 1 rings (SSSR count). The third-order valence-corrected chi connectivity index (χ3v) is 2.47. The van der Waals surface area contributed by atoms with Crippen molar-refractivity contribution in [3.63, 3.8) is 0 Å². The predicted molar refractivity (Wildman–Crippen MR) is 49.9 cm³/mol. The fourth-order valence-corrected chi connectivity index (χ4v) is 1.84. The van der Waals surface area contributed by atoms with Crippen LogP contribution in [0, 0.1) is 0 Å². The average molecular weight is 264 g/mol. The second kappa shape index (κ2) is 4.40. The third-order valence-electron chi connectivity index (χ3n) is 1.45. The van der Waals surface area contributed by atoms with Crippen molar-refractivity contribution >= 4 is 33.7 Å². The van der Waals surface area contributed by atoms with Gasteiger partial charge in [0, 0.05) is 0 Å². The number of hydrogen-bond donors (Lipinski definition) is 3. The number of guanidine groups is 1. The van der Waals surface area contributed by atoms with Crippen LogP contribution in [-0.4, -0.2) is 30.3 Å². The van der Waals surface area contributed by atoms with Crippen LogP contribution >= 0.6 is 0 Å². The molecule has 5 N–H and O–H groups in total. The van der Waals surface area contributed by atoms with E-state index in [0.29, 0.717) is 6.54 Å². The van der Waals surface area contributed by atoms with Gasteiger partial charge in [0.15, 0.2) is 0 Å². The first-order valence-corrected chi connectivity index (χ1v) is 5.29. The summed E-state index contributed by atoms with van der Waals surface area (Å²) in [5, 5.41) is 0. The van der Waals surface area contributed by atoms with E-state index in [4.69, 9.17) is 11.5 Å². The van der Waals surface area contributed by atoms with Crippen LogP contribution in [0.4, 0.5) is 0 Å². The van der Waals surface area contributed by atoms with Gasteiger partial charge >= 0.3 is 86.5 Å². The topological polar surface area (TPSA) is 66.0 Å². The molecule has 0 spiro atoms. The molecule has 0 fully saturated rings. The van der Waals surface area contributed by atoms with Crippen molar-refractivity contribution < 1.29 is 4.99 Å². The summed E-state index contributed by atoms with van der Waals surface area (Å²) >= 11 is 1.14. The van der Waals surface area contributed by atoms with Crippen LogP contribution < -0.4 is 19.8 Å². The van der Waals surface area contributed by atoms with Crippen molar-refractivity contribution in [2.24, 2.45) is 11.5 Å². The van der Waals surface area contributed by atoms with Crippen molar-refractivity contribution in [2.45, 2.75) is 6.54 Å². The van der Waals surface area contributed by atoms with Crippen LogP contribution in [0.3, 0.4) is 0 Å². The van der Waals surface area contributed by atoms with Gasteiger partial charge in [0.2, 0.25) is 0 Å². The van der Waals surface area contributed by atoms with Crippen LogP contribution in [0.25, 0.3) is 0 Å². The van der Waals surface area contributed by atoms with Gasteiger partial charge in [-0.1, -0.05) is 0 Å². The quantitative estimate of drug-likeness (QED) is 0.403. The molecular formula is C8H11InN3+. The molecule has 0 unspecified atom stereocenters. The van der Waals surface area contributed by atoms with Gasteiger partial charge in [-0.3, -0.25) is 0 Å². The summed E-state index contributed by atoms with van der Waals surface area (Å²) in [7, 11) is 0. The van der Waals surface area contributed by atoms with E-state index in [0.717, 1.165) is 24.4 Å². The van der Waals surface area contributed by atoms with Gasteiger partial charge in [0.25, 0.3) is 0 Å². The number of nitrogens with one attached hydrogen (secondary N) is 1. The van der Waals surface area contributed by atoms with E-state index in [1.165, 1.54) is 8.88 Å². The van der Waals surface area contributed by atoms with Crippen LogP contribution in [0.5, 0.6) is 0 Å². The first kappa shape index (κ1) is 9.45. The van der Waals surface area contributed by atoms with Crippen molar-refractivity contribution in [1.29, 1.82) is 0 Å². The SMILES string of the molecule is NC(N)=[NH+]Cc1ccc[c]([In])c1. The van der Waals surface area contributed by atoms with E-state index in [1.54, 1.807) is 0 Å². The molecule has 0 aromatic heterocycles. The van der Waals surface area contributed by atoms with Crippen molar-refractivity contribution in [2.75, 3.05) is 0 Å². The van der Waals surface area contributed by atoms with Gasteiger partial charge in [-0.25, -0.2) is 0 Å². The Morgan fingerprint density at radius 1 is 1.42 bits per heavy atom. The summed E-state index contributed by atoms with van der Waals surface area (Å²) in [5.74, 6) is 0.271. The van der Waals surface area contributed by atoms with Crippen molar-refractivity contribution in [1.82, 2.24) is 0 Å². The third kappa shape index (κ3) is 3.17. The molecule has 1 aromatic rings. The van der Waals surface area contributed by atoms with Gasteiger partial charge < -0.3 is 0 Å². The standard InChI is InChI=1S/C8H10N3.In/c9-8(10)11-6-7-4-2-1-3-5-7;/h1-2,4-5H,6H2,(H4,9,10,11);/p+1. The Hall–Kier alpha value is -0.640. The summed E-state index contributed by atoms with van der Waals surface area (Å²) in [6.07, 6.45) is 0. The molecule has 2 radical (unpaired) electrons. The van der Waals surface area contributed by atoms with Gasteiger partial charge in [-0.2, -0.15) is 0 Å². The van der Waals surface area contributed by atoms with Gasteiger partial charge in [-0.15, -0.1) is 0 Å². The zero-order valence-electron chi connectivity index (χ0n) is 6.75. The second-order valence-electron chi connectivity index (χ2n) is 2.55. The number of benzene rings is 1. The monoisotopic (exact) mass is 264 g/mol. The van der Waals surface area contributed by atoms with Crippen molar-refractivity contribution in [3.8, 4) is 0 Å². The fraction of sp³-hybridized carbons (Fsp3) is 0.125. The molecule has 60 valence electrons. The molecule has 0 aliphatic rings. The number of rotatable bonds is 2. The average Bonchev–Trinajstić information content (AvgIpc) is 2.01. The van der Waals surface area contributed by atoms with Crippen LogP contribution in [0.1, 0.15) is 5.56 Å². The zero-order chi connectivity index (χ0) is 8.97. The molecule has 0 aliphatic carbocycles. The molecule has 12 heavy (non-hydrogen) atoms. The molecule has 0 saturated heterocycles. The molecule has 3 nitrogen and oxygen atoms in total. The van der Waals surface area contributed by atoms with Gasteiger partial charge in [0.05, 0.1) is 0 Å². The normalized spacial score (nSPS) is 9.33. The zero-order valence-corrected chi connectivity index (χ0v) is 10.0. The van der Waals surface area contributed by atoms with Crippen LogP contribution in [-0.2, 0) is 6.54 Å². The Morgan fingerprint density at radius 3 is 2.75 bits per heavy atom. The molecule has 4 heteroatoms. The molecule has 0 heterocycles. The first-order chi connectivity index (χ1) is 5.68. The number of nitrogens with two attached hydrogens (primary N) is 2. The maximum absolute atomic E-state index is 5.27. The maximum atomic E-state index is 5.27. The summed E-state index contributed by atoms with van der Waals surface area (Å²) < 4.78 is 1.37. The molecule has 0 amide bonds. The molecule has 0 bridgehead atoms. The predicted octanol–water partition coefficient (Wildman–Crippen LogP) is -2.67. The van der Waals surface area contributed by atoms with E-state index in [-0.39, 0.29) is 5.96 Å².